The molecule has 0 saturated carbocycles. The van der Waals surface area contributed by atoms with Gasteiger partial charge in [0.15, 0.2) is 5.78 Å². The van der Waals surface area contributed by atoms with E-state index >= 15 is 0 Å². The average molecular weight is 364 g/mol. The van der Waals surface area contributed by atoms with Crippen LogP contribution in [0.5, 0.6) is 0 Å². The normalized spacial score (nSPS) is 16.9. The van der Waals surface area contributed by atoms with E-state index in [9.17, 15) is 27.6 Å². The Hall–Kier alpha value is -2.90. The van der Waals surface area contributed by atoms with Crippen LogP contribution in [0.15, 0.2) is 35.1 Å². The van der Waals surface area contributed by atoms with Crippen molar-refractivity contribution in [1.82, 2.24) is 10.3 Å². The third kappa shape index (κ3) is 3.40. The highest BCUT2D eigenvalue weighted by Crippen LogP contribution is 2.31. The zero-order chi connectivity index (χ0) is 19.1. The minimum Gasteiger partial charge on any atom is -0.345 e. The number of Topliss-reactive ketones (excluding diaryl/α,β-unsaturated/α-hetero) is 1. The molecule has 1 aromatic heterocycles. The van der Waals surface area contributed by atoms with Crippen LogP contribution in [0.1, 0.15) is 56.4 Å². The van der Waals surface area contributed by atoms with Crippen LogP contribution in [-0.2, 0) is 6.18 Å². The van der Waals surface area contributed by atoms with E-state index in [-0.39, 0.29) is 12.2 Å². The first-order chi connectivity index (χ1) is 12.2. The van der Waals surface area contributed by atoms with Gasteiger partial charge in [-0.1, -0.05) is 17.7 Å². The Morgan fingerprint density at radius 2 is 1.92 bits per heavy atom. The fourth-order valence-electron chi connectivity index (χ4n) is 2.98. The number of hydrogen-bond acceptors (Lipinski definition) is 3. The van der Waals surface area contributed by atoms with Crippen molar-refractivity contribution < 1.29 is 22.8 Å². The van der Waals surface area contributed by atoms with E-state index in [0.29, 0.717) is 23.6 Å². The van der Waals surface area contributed by atoms with Gasteiger partial charge in [-0.05, 0) is 37.1 Å². The van der Waals surface area contributed by atoms with Crippen LogP contribution in [0.4, 0.5) is 13.2 Å². The van der Waals surface area contributed by atoms with Crippen LogP contribution in [-0.4, -0.2) is 16.7 Å². The zero-order valence-electron chi connectivity index (χ0n) is 13.7. The number of carbonyl (C=O) groups is 2. The Morgan fingerprint density at radius 1 is 1.19 bits per heavy atom. The van der Waals surface area contributed by atoms with Crippen LogP contribution in [0.3, 0.4) is 0 Å². The molecule has 136 valence electrons. The summed E-state index contributed by atoms with van der Waals surface area (Å²) in [5, 5.41) is 2.64. The number of fused-ring (bicyclic) bond motifs is 1. The number of aryl methyl sites for hydroxylation is 1. The Balaban J connectivity index is 1.87. The van der Waals surface area contributed by atoms with Crippen LogP contribution >= 0.6 is 0 Å². The number of carbonyl (C=O) groups excluding carboxylic acids is 2. The molecular formula is C18H15F3N2O3. The van der Waals surface area contributed by atoms with Crippen LogP contribution in [0.25, 0.3) is 0 Å². The van der Waals surface area contributed by atoms with E-state index in [1.54, 1.807) is 17.1 Å². The average Bonchev–Trinajstić information content (AvgIpc) is 2.56. The minimum atomic E-state index is -4.70. The van der Waals surface area contributed by atoms with Gasteiger partial charge in [-0.25, -0.2) is 0 Å². The van der Waals surface area contributed by atoms with Crippen molar-refractivity contribution in [3.05, 3.63) is 68.6 Å². The lowest BCUT2D eigenvalue weighted by Crippen LogP contribution is -2.35. The molecule has 1 aliphatic rings. The number of benzene rings is 1. The predicted octanol–water partition coefficient (Wildman–Crippen LogP) is 3.15. The van der Waals surface area contributed by atoms with Gasteiger partial charge in [0.2, 0.25) is 0 Å². The molecule has 1 unspecified atom stereocenters. The fourth-order valence-corrected chi connectivity index (χ4v) is 2.98. The molecule has 2 aromatic rings. The molecule has 1 atom stereocenters. The Bertz CT molecular complexity index is 947. The molecule has 0 bridgehead atoms. The van der Waals surface area contributed by atoms with E-state index in [2.05, 4.69) is 5.32 Å². The molecule has 5 nitrogen and oxygen atoms in total. The van der Waals surface area contributed by atoms with Crippen LogP contribution in [0, 0.1) is 6.92 Å². The summed E-state index contributed by atoms with van der Waals surface area (Å²) in [6.45, 7) is 1.84. The molecule has 1 amide bonds. The fraction of sp³-hybridized carbons (Fsp3) is 0.278. The predicted molar refractivity (Wildman–Crippen MR) is 87.0 cm³/mol. The van der Waals surface area contributed by atoms with Gasteiger partial charge in [0.05, 0.1) is 6.04 Å². The van der Waals surface area contributed by atoms with Gasteiger partial charge in [-0.2, -0.15) is 13.2 Å². The third-order valence-electron chi connectivity index (χ3n) is 4.31. The summed E-state index contributed by atoms with van der Waals surface area (Å²) in [5.74, 6) is -0.813. The van der Waals surface area contributed by atoms with E-state index in [1.165, 1.54) is 0 Å². The number of aromatic nitrogens is 1. The van der Waals surface area contributed by atoms with Crippen molar-refractivity contribution in [2.24, 2.45) is 0 Å². The molecule has 0 radical (unpaired) electrons. The number of alkyl halides is 3. The summed E-state index contributed by atoms with van der Waals surface area (Å²) in [6, 6.07) is 6.29. The molecule has 0 aliphatic heterocycles. The first-order valence-electron chi connectivity index (χ1n) is 7.92. The SMILES string of the molecule is Cc1ccc2c(c1)C(=O)CCC2NC(=O)c1ccc(C(F)(F)F)[nH]c1=O. The van der Waals surface area contributed by atoms with Gasteiger partial charge in [0, 0.05) is 12.0 Å². The summed E-state index contributed by atoms with van der Waals surface area (Å²) < 4.78 is 37.8. The van der Waals surface area contributed by atoms with Crippen molar-refractivity contribution >= 4 is 11.7 Å². The quantitative estimate of drug-likeness (QED) is 0.859. The lowest BCUT2D eigenvalue weighted by atomic mass is 9.85. The molecule has 1 heterocycles. The van der Waals surface area contributed by atoms with Gasteiger partial charge in [0.1, 0.15) is 11.3 Å². The standard InChI is InChI=1S/C18H15F3N2O3/c1-9-2-3-10-12(8-9)14(24)6-5-13(10)22-16(25)11-4-7-15(18(19,20)21)23-17(11)26/h2-4,7-8,13H,5-6H2,1H3,(H,22,25)(H,23,26). The van der Waals surface area contributed by atoms with Crippen molar-refractivity contribution in [2.75, 3.05) is 0 Å². The Morgan fingerprint density at radius 3 is 2.58 bits per heavy atom. The molecule has 2 N–H and O–H groups in total. The summed E-state index contributed by atoms with van der Waals surface area (Å²) in [7, 11) is 0. The van der Waals surface area contributed by atoms with E-state index < -0.39 is 34.9 Å². The van der Waals surface area contributed by atoms with Crippen molar-refractivity contribution in [1.29, 1.82) is 0 Å². The van der Waals surface area contributed by atoms with E-state index in [1.807, 2.05) is 13.0 Å². The van der Waals surface area contributed by atoms with Crippen LogP contribution < -0.4 is 10.9 Å². The third-order valence-corrected chi connectivity index (χ3v) is 4.31. The molecule has 0 spiro atoms. The molecule has 8 heteroatoms. The summed E-state index contributed by atoms with van der Waals surface area (Å²) in [4.78, 5) is 37.9. The number of halogens is 3. The van der Waals surface area contributed by atoms with Crippen LogP contribution in [0.2, 0.25) is 0 Å². The van der Waals surface area contributed by atoms with Crippen molar-refractivity contribution in [3.8, 4) is 0 Å². The number of hydrogen-bond donors (Lipinski definition) is 2. The van der Waals surface area contributed by atoms with Crippen molar-refractivity contribution in [3.63, 3.8) is 0 Å². The highest BCUT2D eigenvalue weighted by atomic mass is 19.4. The second-order valence-electron chi connectivity index (χ2n) is 6.19. The topological polar surface area (TPSA) is 79.0 Å². The second kappa shape index (κ2) is 6.44. The maximum absolute atomic E-state index is 12.6. The Kier molecular flexibility index (Phi) is 4.43. The maximum Gasteiger partial charge on any atom is 0.431 e. The van der Waals surface area contributed by atoms with Gasteiger partial charge >= 0.3 is 6.18 Å². The smallest absolute Gasteiger partial charge is 0.345 e. The maximum atomic E-state index is 12.6. The summed E-state index contributed by atoms with van der Waals surface area (Å²) in [6.07, 6.45) is -4.10. The lowest BCUT2D eigenvalue weighted by molar-refractivity contribution is -0.141. The summed E-state index contributed by atoms with van der Waals surface area (Å²) >= 11 is 0. The molecular weight excluding hydrogens is 349 g/mol. The summed E-state index contributed by atoms with van der Waals surface area (Å²) in [5.41, 5.74) is -0.685. The largest absolute Gasteiger partial charge is 0.431 e. The van der Waals surface area contributed by atoms with Gasteiger partial charge in [-0.3, -0.25) is 14.4 Å². The molecule has 0 fully saturated rings. The molecule has 0 saturated heterocycles. The monoisotopic (exact) mass is 364 g/mol. The number of nitrogens with one attached hydrogen (secondary N) is 2. The van der Waals surface area contributed by atoms with Gasteiger partial charge < -0.3 is 10.3 Å². The molecule has 3 rings (SSSR count). The highest BCUT2D eigenvalue weighted by Gasteiger charge is 2.33. The number of H-pyrrole nitrogens is 1. The molecule has 26 heavy (non-hydrogen) atoms. The minimum absolute atomic E-state index is 0.0263. The first kappa shape index (κ1) is 17.9. The van der Waals surface area contributed by atoms with Crippen molar-refractivity contribution in [2.45, 2.75) is 32.0 Å². The lowest BCUT2D eigenvalue weighted by Gasteiger charge is -2.26. The number of ketones is 1. The number of amides is 1. The van der Waals surface area contributed by atoms with E-state index in [0.717, 1.165) is 11.6 Å². The highest BCUT2D eigenvalue weighted by molar-refractivity contribution is 6.00. The number of pyridine rings is 1. The molecule has 1 aromatic carbocycles. The van der Waals surface area contributed by atoms with Gasteiger partial charge in [-0.15, -0.1) is 0 Å². The first-order valence-corrected chi connectivity index (χ1v) is 7.92. The number of aromatic amines is 1. The van der Waals surface area contributed by atoms with Gasteiger partial charge in [0.25, 0.3) is 11.5 Å². The second-order valence-corrected chi connectivity index (χ2v) is 6.19. The van der Waals surface area contributed by atoms with E-state index in [4.69, 9.17) is 0 Å². The Labute approximate surface area is 146 Å². The molecule has 1 aliphatic carbocycles. The zero-order valence-corrected chi connectivity index (χ0v) is 13.7. The number of rotatable bonds is 2.